The molecule has 0 saturated carbocycles. The summed E-state index contributed by atoms with van der Waals surface area (Å²) in [6.07, 6.45) is 2.43. The molecule has 0 fully saturated rings. The molecule has 0 aromatic rings. The van der Waals surface area contributed by atoms with Crippen molar-refractivity contribution in [2.45, 2.75) is 66.0 Å². The Kier molecular flexibility index (Phi) is 10.1. The molecule has 0 radical (unpaired) electrons. The van der Waals surface area contributed by atoms with Crippen LogP contribution in [0.25, 0.3) is 0 Å². The summed E-state index contributed by atoms with van der Waals surface area (Å²) < 4.78 is 0. The monoisotopic (exact) mass is 285 g/mol. The van der Waals surface area contributed by atoms with Crippen molar-refractivity contribution in [2.24, 2.45) is 5.92 Å². The number of carbonyl (C=O) groups is 2. The van der Waals surface area contributed by atoms with Gasteiger partial charge in [0, 0.05) is 25.6 Å². The highest BCUT2D eigenvalue weighted by atomic mass is 16.2. The van der Waals surface area contributed by atoms with Gasteiger partial charge in [0.25, 0.3) is 0 Å². The van der Waals surface area contributed by atoms with Gasteiger partial charge in [-0.25, -0.2) is 0 Å². The Balaban J connectivity index is 3.78. The number of hydrogen-bond donors (Lipinski definition) is 3. The summed E-state index contributed by atoms with van der Waals surface area (Å²) >= 11 is 0. The van der Waals surface area contributed by atoms with Crippen molar-refractivity contribution >= 4 is 11.8 Å². The molecule has 2 atom stereocenters. The molecule has 20 heavy (non-hydrogen) atoms. The van der Waals surface area contributed by atoms with Crippen molar-refractivity contribution in [3.63, 3.8) is 0 Å². The SMILES string of the molecule is CCCC(C)NC(=O)C(C)NCCC(=O)NCC(C)C. The first-order valence-electron chi connectivity index (χ1n) is 7.67. The quantitative estimate of drug-likeness (QED) is 0.569. The second-order valence-electron chi connectivity index (χ2n) is 5.82. The summed E-state index contributed by atoms with van der Waals surface area (Å²) in [4.78, 5) is 23.4. The van der Waals surface area contributed by atoms with Crippen LogP contribution >= 0.6 is 0 Å². The van der Waals surface area contributed by atoms with Gasteiger partial charge in [0.2, 0.25) is 11.8 Å². The standard InChI is InChI=1S/C15H31N3O2/c1-6-7-12(4)18-15(20)13(5)16-9-8-14(19)17-10-11(2)3/h11-13,16H,6-10H2,1-5H3,(H,17,19)(H,18,20). The number of hydrogen-bond acceptors (Lipinski definition) is 3. The molecule has 0 spiro atoms. The maximum absolute atomic E-state index is 11.8. The second-order valence-corrected chi connectivity index (χ2v) is 5.82. The van der Waals surface area contributed by atoms with Crippen LogP contribution in [-0.4, -0.2) is 37.0 Å². The van der Waals surface area contributed by atoms with Crippen molar-refractivity contribution in [3.05, 3.63) is 0 Å². The minimum Gasteiger partial charge on any atom is -0.356 e. The molecule has 0 heterocycles. The van der Waals surface area contributed by atoms with Gasteiger partial charge >= 0.3 is 0 Å². The van der Waals surface area contributed by atoms with Crippen LogP contribution in [-0.2, 0) is 9.59 Å². The molecule has 0 aliphatic carbocycles. The van der Waals surface area contributed by atoms with Crippen LogP contribution in [0.2, 0.25) is 0 Å². The lowest BCUT2D eigenvalue weighted by molar-refractivity contribution is -0.124. The lowest BCUT2D eigenvalue weighted by atomic mass is 10.2. The summed E-state index contributed by atoms with van der Waals surface area (Å²) in [5, 5.41) is 8.89. The zero-order valence-corrected chi connectivity index (χ0v) is 13.6. The van der Waals surface area contributed by atoms with E-state index in [0.717, 1.165) is 12.8 Å². The highest BCUT2D eigenvalue weighted by Gasteiger charge is 2.14. The van der Waals surface area contributed by atoms with Crippen molar-refractivity contribution < 1.29 is 9.59 Å². The van der Waals surface area contributed by atoms with Crippen molar-refractivity contribution in [1.82, 2.24) is 16.0 Å². The first-order chi connectivity index (χ1) is 9.36. The van der Waals surface area contributed by atoms with E-state index in [9.17, 15) is 9.59 Å². The molecule has 0 saturated heterocycles. The van der Waals surface area contributed by atoms with Crippen LogP contribution in [0.5, 0.6) is 0 Å². The topological polar surface area (TPSA) is 70.2 Å². The number of rotatable bonds is 10. The molecular formula is C15H31N3O2. The van der Waals surface area contributed by atoms with E-state index in [-0.39, 0.29) is 23.9 Å². The minimum absolute atomic E-state index is 0.00598. The smallest absolute Gasteiger partial charge is 0.237 e. The summed E-state index contributed by atoms with van der Waals surface area (Å²) in [5.74, 6) is 0.475. The summed E-state index contributed by atoms with van der Waals surface area (Å²) in [6.45, 7) is 11.3. The molecule has 0 rings (SSSR count). The van der Waals surface area contributed by atoms with Crippen molar-refractivity contribution in [3.8, 4) is 0 Å². The van der Waals surface area contributed by atoms with Gasteiger partial charge in [0.1, 0.15) is 0 Å². The predicted molar refractivity (Wildman–Crippen MR) is 82.4 cm³/mol. The average Bonchev–Trinajstić information content (AvgIpc) is 2.36. The first kappa shape index (κ1) is 18.9. The highest BCUT2D eigenvalue weighted by Crippen LogP contribution is 1.96. The second kappa shape index (κ2) is 10.7. The number of amides is 2. The van der Waals surface area contributed by atoms with Gasteiger partial charge in [-0.3, -0.25) is 9.59 Å². The van der Waals surface area contributed by atoms with Crippen LogP contribution in [0.1, 0.15) is 53.9 Å². The van der Waals surface area contributed by atoms with Crippen LogP contribution in [0.3, 0.4) is 0 Å². The molecule has 0 aromatic heterocycles. The molecule has 5 nitrogen and oxygen atoms in total. The summed E-state index contributed by atoms with van der Waals surface area (Å²) in [5.41, 5.74) is 0. The number of nitrogens with one attached hydrogen (secondary N) is 3. The lowest BCUT2D eigenvalue weighted by Crippen LogP contribution is -2.46. The number of carbonyl (C=O) groups excluding carboxylic acids is 2. The maximum atomic E-state index is 11.8. The van der Waals surface area contributed by atoms with Gasteiger partial charge in [-0.05, 0) is 26.2 Å². The van der Waals surface area contributed by atoms with Crippen LogP contribution in [0.15, 0.2) is 0 Å². The van der Waals surface area contributed by atoms with Crippen molar-refractivity contribution in [2.75, 3.05) is 13.1 Å². The van der Waals surface area contributed by atoms with E-state index in [4.69, 9.17) is 0 Å². The average molecular weight is 285 g/mol. The van der Waals surface area contributed by atoms with E-state index in [1.54, 1.807) is 0 Å². The Morgan fingerprint density at radius 2 is 1.75 bits per heavy atom. The summed E-state index contributed by atoms with van der Waals surface area (Å²) in [7, 11) is 0. The maximum Gasteiger partial charge on any atom is 0.237 e. The van der Waals surface area contributed by atoms with Crippen LogP contribution < -0.4 is 16.0 Å². The van der Waals surface area contributed by atoms with Crippen molar-refractivity contribution in [1.29, 1.82) is 0 Å². The van der Waals surface area contributed by atoms with E-state index in [2.05, 4.69) is 36.7 Å². The minimum atomic E-state index is -0.271. The third-order valence-corrected chi connectivity index (χ3v) is 3.01. The first-order valence-corrected chi connectivity index (χ1v) is 7.67. The van der Waals surface area contributed by atoms with Gasteiger partial charge in [-0.15, -0.1) is 0 Å². The van der Waals surface area contributed by atoms with Gasteiger partial charge < -0.3 is 16.0 Å². The largest absolute Gasteiger partial charge is 0.356 e. The molecule has 3 N–H and O–H groups in total. The molecule has 0 bridgehead atoms. The summed E-state index contributed by atoms with van der Waals surface area (Å²) in [6, 6.07) is -0.0710. The Labute approximate surface area is 123 Å². The fraction of sp³-hybridized carbons (Fsp3) is 0.867. The molecule has 0 aliphatic rings. The molecule has 0 aliphatic heterocycles. The molecule has 0 aromatic carbocycles. The Morgan fingerprint density at radius 3 is 2.30 bits per heavy atom. The molecule has 2 amide bonds. The fourth-order valence-electron chi connectivity index (χ4n) is 1.77. The van der Waals surface area contributed by atoms with Gasteiger partial charge in [0.15, 0.2) is 0 Å². The third kappa shape index (κ3) is 9.78. The fourth-order valence-corrected chi connectivity index (χ4v) is 1.77. The lowest BCUT2D eigenvalue weighted by Gasteiger charge is -2.18. The highest BCUT2D eigenvalue weighted by molar-refractivity contribution is 5.81. The molecular weight excluding hydrogens is 254 g/mol. The van der Waals surface area contributed by atoms with E-state index in [1.807, 2.05) is 13.8 Å². The predicted octanol–water partition coefficient (Wildman–Crippen LogP) is 1.43. The molecule has 2 unspecified atom stereocenters. The van der Waals surface area contributed by atoms with Crippen LogP contribution in [0.4, 0.5) is 0 Å². The van der Waals surface area contributed by atoms with E-state index in [1.165, 1.54) is 0 Å². The Bertz CT molecular complexity index is 293. The zero-order valence-electron chi connectivity index (χ0n) is 13.6. The van der Waals surface area contributed by atoms with Gasteiger partial charge in [-0.2, -0.15) is 0 Å². The normalized spacial score (nSPS) is 13.9. The third-order valence-electron chi connectivity index (χ3n) is 3.01. The Morgan fingerprint density at radius 1 is 1.10 bits per heavy atom. The van der Waals surface area contributed by atoms with E-state index in [0.29, 0.717) is 25.4 Å². The van der Waals surface area contributed by atoms with Gasteiger partial charge in [0.05, 0.1) is 6.04 Å². The zero-order chi connectivity index (χ0) is 15.5. The molecule has 118 valence electrons. The van der Waals surface area contributed by atoms with E-state index >= 15 is 0 Å². The molecule has 5 heteroatoms. The van der Waals surface area contributed by atoms with Gasteiger partial charge in [-0.1, -0.05) is 27.2 Å². The Hall–Kier alpha value is -1.10. The van der Waals surface area contributed by atoms with Crippen LogP contribution in [0, 0.1) is 5.92 Å². The van der Waals surface area contributed by atoms with E-state index < -0.39 is 0 Å².